The quantitative estimate of drug-likeness (QED) is 0.428. The number of benzene rings is 2. The minimum Gasteiger partial charge on any atom is -0.496 e. The maximum atomic E-state index is 12.5. The van der Waals surface area contributed by atoms with Crippen molar-refractivity contribution in [2.45, 2.75) is 39.0 Å². The Balaban J connectivity index is 2.10. The molecule has 0 bridgehead atoms. The van der Waals surface area contributed by atoms with Crippen LogP contribution in [0.5, 0.6) is 5.75 Å². The van der Waals surface area contributed by atoms with Gasteiger partial charge in [-0.3, -0.25) is 19.1 Å². The SMILES string of the molecule is COC(=O)c1cc(NS(C)(=O)=O)ccc1CCc1cc(-n2ccc(=O)[nH]c2=O)cc(C(C)(C)C)c1OC. The van der Waals surface area contributed by atoms with E-state index in [4.69, 9.17) is 9.47 Å². The summed E-state index contributed by atoms with van der Waals surface area (Å²) in [5.41, 5.74) is 1.95. The van der Waals surface area contributed by atoms with Crippen molar-refractivity contribution in [1.29, 1.82) is 0 Å². The minimum absolute atomic E-state index is 0.235. The number of anilines is 1. The fraction of sp³-hybridized carbons (Fsp3) is 0.346. The number of sulfonamides is 1. The van der Waals surface area contributed by atoms with E-state index in [-0.39, 0.29) is 16.7 Å². The third kappa shape index (κ3) is 6.67. The van der Waals surface area contributed by atoms with Gasteiger partial charge in [0.1, 0.15) is 5.75 Å². The molecule has 0 aliphatic carbocycles. The monoisotopic (exact) mass is 529 g/mol. The van der Waals surface area contributed by atoms with E-state index in [1.165, 1.54) is 30.0 Å². The van der Waals surface area contributed by atoms with Crippen molar-refractivity contribution in [1.82, 2.24) is 9.55 Å². The Morgan fingerprint density at radius 1 is 1.03 bits per heavy atom. The predicted octanol–water partition coefficient (Wildman–Crippen LogP) is 2.78. The Labute approximate surface area is 215 Å². The molecule has 37 heavy (non-hydrogen) atoms. The number of aromatic amines is 1. The molecular formula is C26H31N3O7S. The standard InChI is InChI=1S/C26H31N3O7S/c1-26(2,3)21-15-19(29-12-11-22(30)27-25(29)32)13-17(23(21)35-4)8-7-16-9-10-18(28-37(6,33)34)14-20(16)24(31)36-5/h9-15,28H,7-8H2,1-6H3,(H,27,30,32). The molecule has 0 atom stereocenters. The molecule has 0 aliphatic rings. The van der Waals surface area contributed by atoms with E-state index in [9.17, 15) is 22.8 Å². The number of carbonyl (C=O) groups excluding carboxylic acids is 1. The van der Waals surface area contributed by atoms with Crippen LogP contribution in [0.2, 0.25) is 0 Å². The second-order valence-electron chi connectivity index (χ2n) is 9.65. The summed E-state index contributed by atoms with van der Waals surface area (Å²) in [5.74, 6) is 0.0618. The Hall–Kier alpha value is -3.86. The average molecular weight is 530 g/mol. The van der Waals surface area contributed by atoms with Gasteiger partial charge in [-0.1, -0.05) is 26.8 Å². The van der Waals surface area contributed by atoms with Crippen molar-refractivity contribution in [3.63, 3.8) is 0 Å². The number of esters is 1. The van der Waals surface area contributed by atoms with Crippen LogP contribution in [-0.4, -0.2) is 44.4 Å². The molecule has 0 unspecified atom stereocenters. The molecule has 1 heterocycles. The van der Waals surface area contributed by atoms with Gasteiger partial charge in [-0.15, -0.1) is 0 Å². The average Bonchev–Trinajstić information content (AvgIpc) is 2.80. The third-order valence-electron chi connectivity index (χ3n) is 5.75. The summed E-state index contributed by atoms with van der Waals surface area (Å²) >= 11 is 0. The summed E-state index contributed by atoms with van der Waals surface area (Å²) < 4.78 is 37.7. The number of methoxy groups -OCH3 is 2. The van der Waals surface area contributed by atoms with Crippen molar-refractivity contribution < 1.29 is 22.7 Å². The molecule has 1 aromatic heterocycles. The Kier molecular flexibility index (Phi) is 7.97. The smallest absolute Gasteiger partial charge is 0.338 e. The topological polar surface area (TPSA) is 137 Å². The fourth-order valence-corrected chi connectivity index (χ4v) is 4.61. The lowest BCUT2D eigenvalue weighted by Crippen LogP contribution is -2.28. The maximum absolute atomic E-state index is 12.5. The molecule has 0 radical (unpaired) electrons. The van der Waals surface area contributed by atoms with Gasteiger partial charge in [-0.2, -0.15) is 0 Å². The van der Waals surface area contributed by atoms with Crippen LogP contribution in [-0.2, 0) is 33.0 Å². The first kappa shape index (κ1) is 27.7. The molecule has 3 aromatic rings. The zero-order valence-corrected chi connectivity index (χ0v) is 22.5. The maximum Gasteiger partial charge on any atom is 0.338 e. The first-order valence-electron chi connectivity index (χ1n) is 11.5. The van der Waals surface area contributed by atoms with E-state index in [0.717, 1.165) is 17.4 Å². The zero-order valence-electron chi connectivity index (χ0n) is 21.7. The van der Waals surface area contributed by atoms with Gasteiger partial charge in [-0.05, 0) is 53.6 Å². The number of hydrogen-bond acceptors (Lipinski definition) is 7. The first-order chi connectivity index (χ1) is 17.2. The minimum atomic E-state index is -3.53. The van der Waals surface area contributed by atoms with Crippen LogP contribution < -0.4 is 20.7 Å². The molecule has 0 saturated heterocycles. The van der Waals surface area contributed by atoms with Crippen LogP contribution >= 0.6 is 0 Å². The van der Waals surface area contributed by atoms with Crippen molar-refractivity contribution in [3.05, 3.63) is 85.7 Å². The van der Waals surface area contributed by atoms with Crippen molar-refractivity contribution >= 4 is 21.7 Å². The highest BCUT2D eigenvalue weighted by atomic mass is 32.2. The number of nitrogens with one attached hydrogen (secondary N) is 2. The van der Waals surface area contributed by atoms with Gasteiger partial charge in [0, 0.05) is 23.5 Å². The molecule has 11 heteroatoms. The number of rotatable bonds is 8. The molecule has 0 fully saturated rings. The number of nitrogens with zero attached hydrogens (tertiary/aromatic N) is 1. The molecule has 3 rings (SSSR count). The number of aryl methyl sites for hydroxylation is 2. The molecule has 0 spiro atoms. The van der Waals surface area contributed by atoms with Gasteiger partial charge in [-0.25, -0.2) is 18.0 Å². The summed E-state index contributed by atoms with van der Waals surface area (Å²) in [6, 6.07) is 9.63. The van der Waals surface area contributed by atoms with Crippen molar-refractivity contribution in [3.8, 4) is 11.4 Å². The van der Waals surface area contributed by atoms with E-state index in [2.05, 4.69) is 9.71 Å². The van der Waals surface area contributed by atoms with Crippen LogP contribution in [0.15, 0.2) is 52.2 Å². The van der Waals surface area contributed by atoms with E-state index < -0.39 is 27.2 Å². The Morgan fingerprint density at radius 2 is 1.70 bits per heavy atom. The fourth-order valence-electron chi connectivity index (χ4n) is 4.06. The summed E-state index contributed by atoms with van der Waals surface area (Å²) in [5, 5.41) is 0. The van der Waals surface area contributed by atoms with Gasteiger partial charge < -0.3 is 9.47 Å². The predicted molar refractivity (Wildman–Crippen MR) is 142 cm³/mol. The normalized spacial score (nSPS) is 11.7. The highest BCUT2D eigenvalue weighted by Gasteiger charge is 2.24. The Morgan fingerprint density at radius 3 is 2.27 bits per heavy atom. The first-order valence-corrected chi connectivity index (χ1v) is 13.4. The highest BCUT2D eigenvalue weighted by Crippen LogP contribution is 2.37. The number of H-pyrrole nitrogens is 1. The van der Waals surface area contributed by atoms with Gasteiger partial charge >= 0.3 is 11.7 Å². The van der Waals surface area contributed by atoms with Crippen molar-refractivity contribution in [2.75, 3.05) is 25.2 Å². The number of aromatic nitrogens is 2. The third-order valence-corrected chi connectivity index (χ3v) is 6.35. The largest absolute Gasteiger partial charge is 0.496 e. The zero-order chi connectivity index (χ0) is 27.5. The summed E-state index contributed by atoms with van der Waals surface area (Å²) in [7, 11) is -0.697. The summed E-state index contributed by atoms with van der Waals surface area (Å²) in [4.78, 5) is 38.8. The Bertz CT molecular complexity index is 1550. The van der Waals surface area contributed by atoms with Crippen molar-refractivity contribution in [2.24, 2.45) is 0 Å². The number of hydrogen-bond donors (Lipinski definition) is 2. The second kappa shape index (κ2) is 10.6. The molecule has 2 N–H and O–H groups in total. The molecule has 0 aliphatic heterocycles. The van der Waals surface area contributed by atoms with Crippen LogP contribution in [0, 0.1) is 0 Å². The van der Waals surface area contributed by atoms with E-state index in [1.54, 1.807) is 19.2 Å². The molecule has 0 amide bonds. The lowest BCUT2D eigenvalue weighted by Gasteiger charge is -2.25. The molecule has 2 aromatic carbocycles. The van der Waals surface area contributed by atoms with Gasteiger partial charge in [0.2, 0.25) is 10.0 Å². The van der Waals surface area contributed by atoms with Gasteiger partial charge in [0.25, 0.3) is 5.56 Å². The highest BCUT2D eigenvalue weighted by molar-refractivity contribution is 7.92. The van der Waals surface area contributed by atoms with E-state index >= 15 is 0 Å². The second-order valence-corrected chi connectivity index (χ2v) is 11.4. The van der Waals surface area contributed by atoms with Crippen LogP contribution in [0.1, 0.15) is 47.8 Å². The molecule has 0 saturated carbocycles. The van der Waals surface area contributed by atoms with E-state index in [1.807, 2.05) is 32.9 Å². The summed E-state index contributed by atoms with van der Waals surface area (Å²) in [6.07, 6.45) is 3.27. The molecular weight excluding hydrogens is 498 g/mol. The lowest BCUT2D eigenvalue weighted by molar-refractivity contribution is 0.0599. The van der Waals surface area contributed by atoms with Crippen LogP contribution in [0.25, 0.3) is 5.69 Å². The van der Waals surface area contributed by atoms with Gasteiger partial charge in [0.15, 0.2) is 0 Å². The molecule has 10 nitrogen and oxygen atoms in total. The summed E-state index contributed by atoms with van der Waals surface area (Å²) in [6.45, 7) is 6.07. The van der Waals surface area contributed by atoms with E-state index in [0.29, 0.717) is 29.8 Å². The number of carbonyl (C=O) groups is 1. The van der Waals surface area contributed by atoms with Crippen LogP contribution in [0.3, 0.4) is 0 Å². The number of ether oxygens (including phenoxy) is 2. The van der Waals surface area contributed by atoms with Crippen LogP contribution in [0.4, 0.5) is 5.69 Å². The molecule has 198 valence electrons. The lowest BCUT2D eigenvalue weighted by atomic mass is 9.84. The van der Waals surface area contributed by atoms with Gasteiger partial charge in [0.05, 0.1) is 31.7 Å².